The lowest BCUT2D eigenvalue weighted by molar-refractivity contribution is 1.10. The number of fused-ring (bicyclic) bond motifs is 15. The molecule has 0 fully saturated rings. The van der Waals surface area contributed by atoms with E-state index in [-0.39, 0.29) is 0 Å². The first-order valence-electron chi connectivity index (χ1n) is 16.9. The van der Waals surface area contributed by atoms with Gasteiger partial charge in [-0.2, -0.15) is 9.97 Å². The quantitative estimate of drug-likeness (QED) is 0.189. The summed E-state index contributed by atoms with van der Waals surface area (Å²) < 4.78 is 4.67. The molecule has 4 bridgehead atoms. The zero-order chi connectivity index (χ0) is 32.8. The summed E-state index contributed by atoms with van der Waals surface area (Å²) in [5.74, 6) is 1.22. The number of nitrogens with zero attached hydrogens (tertiary/aromatic N) is 5. The number of benzene rings is 7. The van der Waals surface area contributed by atoms with Gasteiger partial charge < -0.3 is 4.40 Å². The van der Waals surface area contributed by atoms with Gasteiger partial charge in [-0.3, -0.25) is 4.40 Å². The Morgan fingerprint density at radius 3 is 1.68 bits per heavy atom. The highest BCUT2D eigenvalue weighted by Gasteiger charge is 2.19. The maximum absolute atomic E-state index is 5.33. The van der Waals surface area contributed by atoms with Gasteiger partial charge in [0, 0.05) is 38.0 Å². The van der Waals surface area contributed by atoms with Crippen molar-refractivity contribution in [3.8, 4) is 22.5 Å². The molecule has 7 aromatic carbocycles. The summed E-state index contributed by atoms with van der Waals surface area (Å²) in [4.78, 5) is 15.8. The van der Waals surface area contributed by atoms with E-state index in [9.17, 15) is 0 Å². The van der Waals surface area contributed by atoms with Crippen molar-refractivity contribution < 1.29 is 0 Å². The first-order valence-corrected chi connectivity index (χ1v) is 16.9. The summed E-state index contributed by atoms with van der Waals surface area (Å²) in [6, 6.07) is 58.1. The van der Waals surface area contributed by atoms with E-state index in [4.69, 9.17) is 15.0 Å². The van der Waals surface area contributed by atoms with Crippen molar-refractivity contribution in [2.45, 2.75) is 0 Å². The Morgan fingerprint density at radius 2 is 0.940 bits per heavy atom. The topological polar surface area (TPSA) is 47.5 Å². The van der Waals surface area contributed by atoms with Crippen LogP contribution < -0.4 is 0 Å². The summed E-state index contributed by atoms with van der Waals surface area (Å²) >= 11 is 0. The van der Waals surface area contributed by atoms with Crippen molar-refractivity contribution in [3.05, 3.63) is 164 Å². The summed E-state index contributed by atoms with van der Waals surface area (Å²) in [5, 5.41) is 7.83. The fourth-order valence-corrected chi connectivity index (χ4v) is 7.88. The van der Waals surface area contributed by atoms with Crippen LogP contribution in [0.15, 0.2) is 164 Å². The van der Waals surface area contributed by atoms with Gasteiger partial charge in [0.15, 0.2) is 11.5 Å². The highest BCUT2D eigenvalue weighted by atomic mass is 15.1. The average molecular weight is 638 g/mol. The van der Waals surface area contributed by atoms with E-state index in [1.165, 1.54) is 16.3 Å². The van der Waals surface area contributed by atoms with E-state index in [0.717, 1.165) is 65.6 Å². The largest absolute Gasteiger partial charge is 0.307 e. The number of rotatable bonds is 2. The van der Waals surface area contributed by atoms with Crippen molar-refractivity contribution in [2.75, 3.05) is 0 Å². The molecule has 0 radical (unpaired) electrons. The monoisotopic (exact) mass is 637 g/mol. The first-order chi connectivity index (χ1) is 24.8. The Hall–Kier alpha value is -6.85. The SMILES string of the molecule is c1ccc(-c2ccc(-c3nc4nc(n3)n3c5ccccc5c5ccc6c7ccccc7n(c7cccc(c7)c7ccccc47)c6c53)cc2)cc1. The second kappa shape index (κ2) is 10.3. The molecule has 0 N–H and O–H groups in total. The van der Waals surface area contributed by atoms with Crippen LogP contribution in [0.4, 0.5) is 0 Å². The number of hydrogen-bond acceptors (Lipinski definition) is 3. The van der Waals surface area contributed by atoms with Crippen molar-refractivity contribution in [3.63, 3.8) is 0 Å². The fourth-order valence-electron chi connectivity index (χ4n) is 7.88. The van der Waals surface area contributed by atoms with Crippen LogP contribution in [0.3, 0.4) is 0 Å². The molecule has 232 valence electrons. The molecule has 0 spiro atoms. The fraction of sp³-hybridized carbons (Fsp3) is 0. The van der Waals surface area contributed by atoms with Gasteiger partial charge in [0.05, 0.1) is 22.1 Å². The molecule has 0 saturated heterocycles. The van der Waals surface area contributed by atoms with E-state index >= 15 is 0 Å². The standard InChI is InChI=1S/C45H27N5/c1-2-11-28(12-3-1)29-21-23-30(24-22-29)43-46-44-38-18-5-4-15-33(38)31-13-10-14-32(27-31)49-39-19-8-6-16-34(39)36-25-26-37-35-17-7-9-20-40(35)50(42(37)41(36)49)45(47-43)48-44/h1-27H. The number of para-hydroxylation sites is 2. The lowest BCUT2D eigenvalue weighted by Crippen LogP contribution is -1.99. The molecule has 5 heteroatoms. The maximum atomic E-state index is 5.33. The lowest BCUT2D eigenvalue weighted by atomic mass is 10.0. The Bertz CT molecular complexity index is 3190. The third-order valence-corrected chi connectivity index (χ3v) is 10.1. The zero-order valence-corrected chi connectivity index (χ0v) is 26.8. The van der Waals surface area contributed by atoms with Crippen molar-refractivity contribution >= 4 is 76.7 Å². The van der Waals surface area contributed by atoms with Crippen LogP contribution in [0.5, 0.6) is 0 Å². The normalized spacial score (nSPS) is 12.0. The van der Waals surface area contributed by atoms with E-state index in [0.29, 0.717) is 17.2 Å². The third-order valence-electron chi connectivity index (χ3n) is 10.1. The van der Waals surface area contributed by atoms with Crippen LogP contribution in [0.2, 0.25) is 0 Å². The Labute approximate surface area is 286 Å². The lowest BCUT2D eigenvalue weighted by Gasteiger charge is -2.08. The molecule has 0 unspecified atom stereocenters. The minimum Gasteiger partial charge on any atom is -0.307 e. The molecule has 4 heterocycles. The minimum atomic E-state index is 0.590. The van der Waals surface area contributed by atoms with Crippen molar-refractivity contribution in [1.82, 2.24) is 23.8 Å². The Morgan fingerprint density at radius 1 is 0.360 bits per heavy atom. The number of aromatic nitrogens is 5. The Balaban J connectivity index is 1.40. The zero-order valence-electron chi connectivity index (χ0n) is 26.8. The maximum Gasteiger partial charge on any atom is 0.238 e. The molecular formula is C45H27N5. The molecule has 0 aliphatic heterocycles. The first kappa shape index (κ1) is 27.1. The van der Waals surface area contributed by atoms with Crippen LogP contribution in [0.25, 0.3) is 99.2 Å². The van der Waals surface area contributed by atoms with Gasteiger partial charge in [-0.05, 0) is 46.2 Å². The van der Waals surface area contributed by atoms with Gasteiger partial charge >= 0.3 is 0 Å². The predicted molar refractivity (Wildman–Crippen MR) is 206 cm³/mol. The van der Waals surface area contributed by atoms with Gasteiger partial charge in [0.2, 0.25) is 5.78 Å². The molecule has 0 atom stereocenters. The molecule has 0 amide bonds. The molecule has 0 aliphatic rings. The second-order valence-corrected chi connectivity index (χ2v) is 12.9. The molecule has 0 saturated carbocycles. The summed E-state index contributed by atoms with van der Waals surface area (Å²) in [6.45, 7) is 0. The molecule has 4 aromatic heterocycles. The predicted octanol–water partition coefficient (Wildman–Crippen LogP) is 11.2. The Kier molecular flexibility index (Phi) is 5.60. The minimum absolute atomic E-state index is 0.590. The summed E-state index contributed by atoms with van der Waals surface area (Å²) in [5.41, 5.74) is 9.39. The summed E-state index contributed by atoms with van der Waals surface area (Å²) in [6.07, 6.45) is 0. The summed E-state index contributed by atoms with van der Waals surface area (Å²) in [7, 11) is 0. The van der Waals surface area contributed by atoms with Gasteiger partial charge in [-0.15, -0.1) is 0 Å². The van der Waals surface area contributed by atoms with Gasteiger partial charge in [-0.25, -0.2) is 4.98 Å². The van der Waals surface area contributed by atoms with Gasteiger partial charge in [-0.1, -0.05) is 140 Å². The van der Waals surface area contributed by atoms with Crippen LogP contribution in [0.1, 0.15) is 0 Å². The molecule has 11 aromatic rings. The van der Waals surface area contributed by atoms with E-state index in [1.54, 1.807) is 0 Å². The van der Waals surface area contributed by atoms with Crippen LogP contribution >= 0.6 is 0 Å². The van der Waals surface area contributed by atoms with E-state index in [1.807, 2.05) is 6.07 Å². The molecule has 50 heavy (non-hydrogen) atoms. The molecule has 11 rings (SSSR count). The van der Waals surface area contributed by atoms with Crippen LogP contribution in [0, 0.1) is 0 Å². The van der Waals surface area contributed by atoms with E-state index < -0.39 is 0 Å². The molecular weight excluding hydrogens is 611 g/mol. The third kappa shape index (κ3) is 3.86. The van der Waals surface area contributed by atoms with Crippen molar-refractivity contribution in [2.24, 2.45) is 0 Å². The van der Waals surface area contributed by atoms with E-state index in [2.05, 4.69) is 167 Å². The van der Waals surface area contributed by atoms with Crippen LogP contribution in [-0.4, -0.2) is 23.8 Å². The highest BCUT2D eigenvalue weighted by Crippen LogP contribution is 2.39. The highest BCUT2D eigenvalue weighted by molar-refractivity contribution is 6.23. The average Bonchev–Trinajstić information content (AvgIpc) is 3.71. The van der Waals surface area contributed by atoms with Gasteiger partial charge in [0.25, 0.3) is 0 Å². The smallest absolute Gasteiger partial charge is 0.238 e. The van der Waals surface area contributed by atoms with Crippen molar-refractivity contribution in [1.29, 1.82) is 0 Å². The second-order valence-electron chi connectivity index (χ2n) is 12.9. The van der Waals surface area contributed by atoms with Crippen LogP contribution in [-0.2, 0) is 0 Å². The molecule has 5 nitrogen and oxygen atoms in total. The van der Waals surface area contributed by atoms with Gasteiger partial charge in [0.1, 0.15) is 0 Å². The molecule has 0 aliphatic carbocycles. The number of hydrogen-bond donors (Lipinski definition) is 0.